The third kappa shape index (κ3) is 1.47. The van der Waals surface area contributed by atoms with Gasteiger partial charge in [-0.3, -0.25) is 5.10 Å². The third-order valence-corrected chi connectivity index (χ3v) is 2.08. The Balaban J connectivity index is 2.53. The van der Waals surface area contributed by atoms with Crippen LogP contribution in [0.3, 0.4) is 0 Å². The van der Waals surface area contributed by atoms with Gasteiger partial charge in [-0.05, 0) is 13.3 Å². The van der Waals surface area contributed by atoms with E-state index in [1.165, 1.54) is 0 Å². The molecule has 0 unspecified atom stereocenters. The van der Waals surface area contributed by atoms with Crippen LogP contribution in [-0.2, 0) is 0 Å². The van der Waals surface area contributed by atoms with Crippen LogP contribution in [0.1, 0.15) is 24.1 Å². The molecular weight excluding hydrogens is 164 g/mol. The molecule has 68 valence electrons. The molecular formula is C9H12N4. The summed E-state index contributed by atoms with van der Waals surface area (Å²) >= 11 is 0. The van der Waals surface area contributed by atoms with Crippen molar-refractivity contribution in [1.82, 2.24) is 10.2 Å². The van der Waals surface area contributed by atoms with Crippen molar-refractivity contribution in [2.75, 3.05) is 0 Å². The lowest BCUT2D eigenvalue weighted by Crippen LogP contribution is -2.10. The Kier molecular flexibility index (Phi) is 1.88. The molecule has 0 spiro atoms. The normalized spacial score (nSPS) is 18.4. The highest BCUT2D eigenvalue weighted by molar-refractivity contribution is 5.85. The van der Waals surface area contributed by atoms with Crippen molar-refractivity contribution in [3.8, 4) is 0 Å². The number of aliphatic imine (C=N–C) groups is 1. The number of H-pyrrole nitrogens is 1. The van der Waals surface area contributed by atoms with Crippen LogP contribution < -0.4 is 5.73 Å². The molecule has 0 radical (unpaired) electrons. The number of nitrogens with two attached hydrogens (primary N) is 1. The lowest BCUT2D eigenvalue weighted by molar-refractivity contribution is 1.03. The molecule has 0 fully saturated rings. The van der Waals surface area contributed by atoms with Gasteiger partial charge in [0, 0.05) is 17.7 Å². The minimum Gasteiger partial charge on any atom is -0.387 e. The van der Waals surface area contributed by atoms with Gasteiger partial charge in [0.1, 0.15) is 5.84 Å². The van der Waals surface area contributed by atoms with Gasteiger partial charge in [-0.1, -0.05) is 12.2 Å². The van der Waals surface area contributed by atoms with Crippen molar-refractivity contribution in [3.63, 3.8) is 0 Å². The molecule has 0 aromatic carbocycles. The highest BCUT2D eigenvalue weighted by Crippen LogP contribution is 2.22. The number of aromatic nitrogens is 2. The lowest BCUT2D eigenvalue weighted by atomic mass is 10.1. The number of allylic oxidation sites excluding steroid dienone is 1. The number of hydrogen-bond acceptors (Lipinski definition) is 3. The van der Waals surface area contributed by atoms with E-state index >= 15 is 0 Å². The van der Waals surface area contributed by atoms with E-state index in [1.54, 1.807) is 0 Å². The van der Waals surface area contributed by atoms with Crippen LogP contribution in [0.15, 0.2) is 11.1 Å². The molecule has 1 aliphatic heterocycles. The standard InChI is InChI=1S/C9H12N4/c1-6-7-4-2-3-5-8(10)11-9(7)13-12-6/h2,4H,3,5H2,1H3,(H3,10,11,12,13)/b4-2+. The fourth-order valence-corrected chi connectivity index (χ4v) is 1.33. The molecule has 0 bridgehead atoms. The number of amidine groups is 1. The van der Waals surface area contributed by atoms with Crippen LogP contribution >= 0.6 is 0 Å². The van der Waals surface area contributed by atoms with Crippen LogP contribution in [0.4, 0.5) is 5.82 Å². The van der Waals surface area contributed by atoms with E-state index in [0.717, 1.165) is 24.1 Å². The second-order valence-electron chi connectivity index (χ2n) is 3.13. The zero-order valence-corrected chi connectivity index (χ0v) is 7.54. The molecule has 0 atom stereocenters. The fourth-order valence-electron chi connectivity index (χ4n) is 1.33. The van der Waals surface area contributed by atoms with E-state index in [4.69, 9.17) is 5.73 Å². The highest BCUT2D eigenvalue weighted by atomic mass is 15.2. The summed E-state index contributed by atoms with van der Waals surface area (Å²) in [5, 5.41) is 6.96. The van der Waals surface area contributed by atoms with Crippen LogP contribution in [-0.4, -0.2) is 16.0 Å². The zero-order valence-electron chi connectivity index (χ0n) is 7.54. The molecule has 2 heterocycles. The quantitative estimate of drug-likeness (QED) is 0.629. The third-order valence-electron chi connectivity index (χ3n) is 2.08. The Morgan fingerprint density at radius 2 is 2.38 bits per heavy atom. The van der Waals surface area contributed by atoms with Crippen molar-refractivity contribution in [3.05, 3.63) is 17.3 Å². The summed E-state index contributed by atoms with van der Waals surface area (Å²) in [6, 6.07) is 0. The minimum atomic E-state index is 0.650. The number of hydrogen-bond donors (Lipinski definition) is 2. The van der Waals surface area contributed by atoms with E-state index in [9.17, 15) is 0 Å². The second-order valence-corrected chi connectivity index (χ2v) is 3.13. The molecule has 1 aromatic rings. The van der Waals surface area contributed by atoms with Crippen molar-refractivity contribution < 1.29 is 0 Å². The summed E-state index contributed by atoms with van der Waals surface area (Å²) in [5.74, 6) is 1.35. The Morgan fingerprint density at radius 3 is 3.23 bits per heavy atom. The average molecular weight is 176 g/mol. The van der Waals surface area contributed by atoms with Crippen LogP contribution in [0, 0.1) is 6.92 Å². The van der Waals surface area contributed by atoms with Gasteiger partial charge in [0.15, 0.2) is 5.82 Å². The molecule has 1 aliphatic rings. The maximum atomic E-state index is 5.69. The van der Waals surface area contributed by atoms with Gasteiger partial charge < -0.3 is 5.73 Å². The fraction of sp³-hybridized carbons (Fsp3) is 0.333. The van der Waals surface area contributed by atoms with E-state index in [2.05, 4.69) is 21.3 Å². The smallest absolute Gasteiger partial charge is 0.182 e. The molecule has 13 heavy (non-hydrogen) atoms. The highest BCUT2D eigenvalue weighted by Gasteiger charge is 2.08. The van der Waals surface area contributed by atoms with Crippen LogP contribution in [0.25, 0.3) is 6.08 Å². The molecule has 4 nitrogen and oxygen atoms in total. The van der Waals surface area contributed by atoms with Gasteiger partial charge in [-0.15, -0.1) is 0 Å². The first-order valence-electron chi connectivity index (χ1n) is 4.32. The number of aromatic amines is 1. The van der Waals surface area contributed by atoms with Gasteiger partial charge in [0.05, 0.1) is 0 Å². The zero-order chi connectivity index (χ0) is 9.26. The summed E-state index contributed by atoms with van der Waals surface area (Å²) in [5.41, 5.74) is 7.77. The van der Waals surface area contributed by atoms with Crippen molar-refractivity contribution in [1.29, 1.82) is 0 Å². The molecule has 4 heteroatoms. The van der Waals surface area contributed by atoms with Gasteiger partial charge >= 0.3 is 0 Å². The Bertz CT molecular complexity index is 373. The molecule has 0 saturated carbocycles. The van der Waals surface area contributed by atoms with E-state index in [0.29, 0.717) is 11.7 Å². The molecule has 3 N–H and O–H groups in total. The van der Waals surface area contributed by atoms with E-state index in [-0.39, 0.29) is 0 Å². The number of nitrogens with zero attached hydrogens (tertiary/aromatic N) is 2. The molecule has 0 amide bonds. The number of aryl methyl sites for hydroxylation is 1. The summed E-state index contributed by atoms with van der Waals surface area (Å²) in [7, 11) is 0. The SMILES string of the molecule is Cc1[nH]nc2c1/C=C/CCC(N)=N2. The molecule has 0 saturated heterocycles. The summed E-state index contributed by atoms with van der Waals surface area (Å²) in [4.78, 5) is 4.22. The Labute approximate surface area is 76.6 Å². The monoisotopic (exact) mass is 176 g/mol. The lowest BCUT2D eigenvalue weighted by Gasteiger charge is -2.01. The van der Waals surface area contributed by atoms with Crippen molar-refractivity contribution >= 4 is 17.7 Å². The minimum absolute atomic E-state index is 0.650. The summed E-state index contributed by atoms with van der Waals surface area (Å²) in [6.07, 6.45) is 5.90. The number of rotatable bonds is 0. The van der Waals surface area contributed by atoms with Crippen LogP contribution in [0.2, 0.25) is 0 Å². The topological polar surface area (TPSA) is 67.1 Å². The second kappa shape index (κ2) is 3.05. The summed E-state index contributed by atoms with van der Waals surface area (Å²) < 4.78 is 0. The van der Waals surface area contributed by atoms with Gasteiger partial charge in [-0.25, -0.2) is 4.99 Å². The van der Waals surface area contributed by atoms with Crippen molar-refractivity contribution in [2.45, 2.75) is 19.8 Å². The first kappa shape index (κ1) is 8.04. The predicted molar refractivity (Wildman–Crippen MR) is 52.9 cm³/mol. The van der Waals surface area contributed by atoms with Gasteiger partial charge in [0.2, 0.25) is 0 Å². The van der Waals surface area contributed by atoms with Crippen molar-refractivity contribution in [2.24, 2.45) is 10.7 Å². The number of fused-ring (bicyclic) bond motifs is 1. The molecule has 2 rings (SSSR count). The predicted octanol–water partition coefficient (Wildman–Crippen LogP) is 1.51. The first-order valence-corrected chi connectivity index (χ1v) is 4.32. The maximum absolute atomic E-state index is 5.69. The maximum Gasteiger partial charge on any atom is 0.182 e. The van der Waals surface area contributed by atoms with Crippen LogP contribution in [0.5, 0.6) is 0 Å². The Hall–Kier alpha value is -1.58. The largest absolute Gasteiger partial charge is 0.387 e. The Morgan fingerprint density at radius 1 is 1.54 bits per heavy atom. The molecule has 1 aromatic heterocycles. The van der Waals surface area contributed by atoms with Gasteiger partial charge in [-0.2, -0.15) is 5.10 Å². The van der Waals surface area contributed by atoms with Gasteiger partial charge in [0.25, 0.3) is 0 Å². The van der Waals surface area contributed by atoms with E-state index in [1.807, 2.05) is 13.0 Å². The molecule has 0 aliphatic carbocycles. The van der Waals surface area contributed by atoms with E-state index < -0.39 is 0 Å². The summed E-state index contributed by atoms with van der Waals surface area (Å²) in [6.45, 7) is 1.98. The average Bonchev–Trinajstić information content (AvgIpc) is 2.38. The first-order chi connectivity index (χ1) is 6.27. The number of nitrogens with one attached hydrogen (secondary N) is 1.